The van der Waals surface area contributed by atoms with Crippen molar-refractivity contribution in [2.75, 3.05) is 19.8 Å². The summed E-state index contributed by atoms with van der Waals surface area (Å²) in [4.78, 5) is 20.3. The monoisotopic (exact) mass is 361 g/mol. The number of imidazole rings is 1. The number of carbonyl (C=O) groups is 1. The molecule has 2 aromatic heterocycles. The summed E-state index contributed by atoms with van der Waals surface area (Å²) in [6.45, 7) is 1.87. The predicted molar refractivity (Wildman–Crippen MR) is 95.5 cm³/mol. The van der Waals surface area contributed by atoms with Crippen LogP contribution in [0.25, 0.3) is 0 Å². The second-order valence-electron chi connectivity index (χ2n) is 6.60. The maximum atomic E-state index is 13.2. The molecule has 2 aliphatic heterocycles. The molecule has 4 heterocycles. The Morgan fingerprint density at radius 3 is 3.08 bits per heavy atom. The van der Waals surface area contributed by atoms with Crippen LogP contribution in [0.3, 0.4) is 0 Å². The molecular weight excluding hydrogens is 338 g/mol. The first kappa shape index (κ1) is 16.4. The van der Waals surface area contributed by atoms with E-state index in [1.54, 1.807) is 0 Å². The van der Waals surface area contributed by atoms with Gasteiger partial charge in [0.15, 0.2) is 11.5 Å². The smallest absolute Gasteiger partial charge is 0.268 e. The Hall–Kier alpha value is -2.02. The van der Waals surface area contributed by atoms with Crippen molar-refractivity contribution in [3.63, 3.8) is 0 Å². The Labute approximate surface area is 151 Å². The quantitative estimate of drug-likeness (QED) is 0.840. The van der Waals surface area contributed by atoms with Crippen LogP contribution in [0.5, 0.6) is 11.5 Å². The van der Waals surface area contributed by atoms with E-state index in [0.717, 1.165) is 38.1 Å². The van der Waals surface area contributed by atoms with Gasteiger partial charge >= 0.3 is 0 Å². The minimum atomic E-state index is 0.0845. The molecule has 0 radical (unpaired) electrons. The van der Waals surface area contributed by atoms with Gasteiger partial charge in [-0.2, -0.15) is 0 Å². The lowest BCUT2D eigenvalue weighted by Crippen LogP contribution is -2.44. The van der Waals surface area contributed by atoms with Crippen LogP contribution in [0.4, 0.5) is 0 Å². The zero-order valence-electron chi connectivity index (χ0n) is 14.4. The van der Waals surface area contributed by atoms with E-state index in [1.165, 1.54) is 17.8 Å². The number of fused-ring (bicyclic) bond motifs is 1. The molecule has 1 atom stereocenters. The van der Waals surface area contributed by atoms with Crippen molar-refractivity contribution in [2.24, 2.45) is 7.05 Å². The number of hydrogen-bond donors (Lipinski definition) is 0. The van der Waals surface area contributed by atoms with E-state index in [9.17, 15) is 4.79 Å². The molecule has 7 heteroatoms. The van der Waals surface area contributed by atoms with Crippen LogP contribution >= 0.6 is 11.3 Å². The van der Waals surface area contributed by atoms with Crippen LogP contribution in [-0.4, -0.2) is 46.2 Å². The van der Waals surface area contributed by atoms with Gasteiger partial charge in [0.25, 0.3) is 5.91 Å². The zero-order valence-corrected chi connectivity index (χ0v) is 15.3. The molecule has 2 aromatic rings. The summed E-state index contributed by atoms with van der Waals surface area (Å²) < 4.78 is 13.3. The molecule has 1 unspecified atom stereocenters. The lowest BCUT2D eigenvalue weighted by atomic mass is 9.97. The van der Waals surface area contributed by atoms with Gasteiger partial charge in [0.2, 0.25) is 0 Å². The number of thiophene rings is 1. The molecule has 134 valence electrons. The van der Waals surface area contributed by atoms with E-state index in [2.05, 4.69) is 9.55 Å². The number of rotatable bonds is 4. The van der Waals surface area contributed by atoms with Crippen LogP contribution in [0.2, 0.25) is 0 Å². The molecule has 1 amide bonds. The molecule has 2 aliphatic rings. The number of nitrogens with zero attached hydrogens (tertiary/aromatic N) is 3. The minimum absolute atomic E-state index is 0.0845. The normalized spacial score (nSPS) is 19.9. The lowest BCUT2D eigenvalue weighted by Gasteiger charge is -2.36. The van der Waals surface area contributed by atoms with Crippen LogP contribution in [0.1, 0.15) is 41.2 Å². The van der Waals surface area contributed by atoms with Crippen LogP contribution in [-0.2, 0) is 13.5 Å². The number of hydrogen-bond acceptors (Lipinski definition) is 5. The van der Waals surface area contributed by atoms with Gasteiger partial charge in [-0.15, -0.1) is 11.3 Å². The first-order valence-electron chi connectivity index (χ1n) is 8.88. The molecular formula is C18H23N3O3S. The molecule has 1 saturated heterocycles. The van der Waals surface area contributed by atoms with Gasteiger partial charge < -0.3 is 18.9 Å². The fourth-order valence-electron chi connectivity index (χ4n) is 3.64. The highest BCUT2D eigenvalue weighted by molar-refractivity contribution is 7.12. The van der Waals surface area contributed by atoms with E-state index in [4.69, 9.17) is 9.47 Å². The third kappa shape index (κ3) is 3.25. The van der Waals surface area contributed by atoms with Gasteiger partial charge in [-0.3, -0.25) is 4.79 Å². The Bertz CT molecular complexity index is 755. The number of ether oxygens (including phenoxy) is 2. The SMILES string of the molecule is Cn1ccnc1CCC1CCCCN1C(=O)c1scc2c1OCCO2. The second-order valence-corrected chi connectivity index (χ2v) is 7.48. The van der Waals surface area contributed by atoms with Crippen molar-refractivity contribution in [1.82, 2.24) is 14.5 Å². The Balaban J connectivity index is 1.49. The van der Waals surface area contributed by atoms with Crippen molar-refractivity contribution in [3.05, 3.63) is 28.5 Å². The summed E-state index contributed by atoms with van der Waals surface area (Å²) in [5.41, 5.74) is 0. The Morgan fingerprint density at radius 1 is 1.36 bits per heavy atom. The average Bonchev–Trinajstić information content (AvgIpc) is 3.26. The molecule has 0 saturated carbocycles. The van der Waals surface area contributed by atoms with E-state index < -0.39 is 0 Å². The number of carbonyl (C=O) groups excluding carboxylic acids is 1. The third-order valence-corrected chi connectivity index (χ3v) is 5.93. The minimum Gasteiger partial charge on any atom is -0.485 e. The summed E-state index contributed by atoms with van der Waals surface area (Å²) in [6.07, 6.45) is 8.93. The molecule has 6 nitrogen and oxygen atoms in total. The highest BCUT2D eigenvalue weighted by Crippen LogP contribution is 2.40. The van der Waals surface area contributed by atoms with E-state index in [-0.39, 0.29) is 11.9 Å². The van der Waals surface area contributed by atoms with Crippen LogP contribution < -0.4 is 9.47 Å². The second kappa shape index (κ2) is 7.07. The van der Waals surface area contributed by atoms with E-state index >= 15 is 0 Å². The molecule has 0 aliphatic carbocycles. The van der Waals surface area contributed by atoms with Crippen molar-refractivity contribution < 1.29 is 14.3 Å². The summed E-state index contributed by atoms with van der Waals surface area (Å²) in [6, 6.07) is 0.264. The lowest BCUT2D eigenvalue weighted by molar-refractivity contribution is 0.0598. The Morgan fingerprint density at radius 2 is 2.24 bits per heavy atom. The van der Waals surface area contributed by atoms with Crippen LogP contribution in [0, 0.1) is 0 Å². The average molecular weight is 361 g/mol. The van der Waals surface area contributed by atoms with Crippen molar-refractivity contribution >= 4 is 17.2 Å². The zero-order chi connectivity index (χ0) is 17.2. The fourth-order valence-corrected chi connectivity index (χ4v) is 4.53. The topological polar surface area (TPSA) is 56.6 Å². The standard InChI is InChI=1S/C18H23N3O3S/c1-20-9-7-19-15(20)6-5-13-4-2-3-8-21(13)18(22)17-16-14(12-25-17)23-10-11-24-16/h7,9,12-13H,2-6,8,10-11H2,1H3. The number of amides is 1. The Kier molecular flexibility index (Phi) is 4.65. The summed E-state index contributed by atoms with van der Waals surface area (Å²) in [5.74, 6) is 2.50. The van der Waals surface area contributed by atoms with Crippen molar-refractivity contribution in [2.45, 2.75) is 38.1 Å². The van der Waals surface area contributed by atoms with Gasteiger partial charge in [-0.25, -0.2) is 4.98 Å². The highest BCUT2D eigenvalue weighted by atomic mass is 32.1. The molecule has 1 fully saturated rings. The first-order chi connectivity index (χ1) is 12.2. The number of likely N-dealkylation sites (tertiary alicyclic amines) is 1. The molecule has 4 rings (SSSR count). The number of aromatic nitrogens is 2. The van der Waals surface area contributed by atoms with Crippen LogP contribution in [0.15, 0.2) is 17.8 Å². The maximum absolute atomic E-state index is 13.2. The fraction of sp³-hybridized carbons (Fsp3) is 0.556. The first-order valence-corrected chi connectivity index (χ1v) is 9.76. The molecule has 25 heavy (non-hydrogen) atoms. The van der Waals surface area contributed by atoms with Gasteiger partial charge in [0, 0.05) is 43.8 Å². The van der Waals surface area contributed by atoms with Crippen molar-refractivity contribution in [1.29, 1.82) is 0 Å². The number of aryl methyl sites for hydroxylation is 2. The third-order valence-electron chi connectivity index (χ3n) is 5.01. The molecule has 0 aromatic carbocycles. The summed E-state index contributed by atoms with van der Waals surface area (Å²) >= 11 is 1.43. The van der Waals surface area contributed by atoms with Gasteiger partial charge in [-0.1, -0.05) is 0 Å². The molecule has 0 bridgehead atoms. The number of piperidine rings is 1. The van der Waals surface area contributed by atoms with Gasteiger partial charge in [-0.05, 0) is 25.7 Å². The largest absolute Gasteiger partial charge is 0.485 e. The van der Waals surface area contributed by atoms with Gasteiger partial charge in [0.05, 0.1) is 0 Å². The molecule has 0 N–H and O–H groups in total. The van der Waals surface area contributed by atoms with E-state index in [1.807, 2.05) is 29.7 Å². The predicted octanol–water partition coefficient (Wildman–Crippen LogP) is 2.88. The highest BCUT2D eigenvalue weighted by Gasteiger charge is 2.32. The van der Waals surface area contributed by atoms with Gasteiger partial charge in [0.1, 0.15) is 23.9 Å². The molecule has 0 spiro atoms. The van der Waals surface area contributed by atoms with Crippen molar-refractivity contribution in [3.8, 4) is 11.5 Å². The summed E-state index contributed by atoms with van der Waals surface area (Å²) in [5, 5.41) is 1.88. The maximum Gasteiger partial charge on any atom is 0.268 e. The van der Waals surface area contributed by atoms with E-state index in [0.29, 0.717) is 29.6 Å². The summed E-state index contributed by atoms with van der Waals surface area (Å²) in [7, 11) is 2.02.